The molecule has 0 aromatic heterocycles. The number of benzene rings is 2. The normalized spacial score (nSPS) is 15.3. The summed E-state index contributed by atoms with van der Waals surface area (Å²) in [6, 6.07) is 16.2. The third-order valence-corrected chi connectivity index (χ3v) is 3.35. The number of anilines is 1. The second kappa shape index (κ2) is 5.14. The predicted molar refractivity (Wildman–Crippen MR) is 77.9 cm³/mol. The maximum atomic E-state index is 5.28. The Morgan fingerprint density at radius 2 is 1.89 bits per heavy atom. The molecule has 0 aliphatic heterocycles. The zero-order valence-electron chi connectivity index (χ0n) is 10.9. The molecule has 0 radical (unpaired) electrons. The zero-order valence-corrected chi connectivity index (χ0v) is 10.9. The maximum Gasteiger partial charge on any atom is 0.119 e. The molecule has 1 aliphatic rings. The molecule has 0 heterocycles. The van der Waals surface area contributed by atoms with E-state index in [4.69, 9.17) is 4.74 Å². The first kappa shape index (κ1) is 11.8. The fourth-order valence-electron chi connectivity index (χ4n) is 2.32. The molecular formula is C16H16N2O. The maximum absolute atomic E-state index is 5.28. The molecule has 0 bridgehead atoms. The Morgan fingerprint density at radius 3 is 2.68 bits per heavy atom. The van der Waals surface area contributed by atoms with Crippen molar-refractivity contribution >= 4 is 11.4 Å². The van der Waals surface area contributed by atoms with E-state index in [9.17, 15) is 0 Å². The van der Waals surface area contributed by atoms with Gasteiger partial charge in [-0.2, -0.15) is 5.10 Å². The van der Waals surface area contributed by atoms with E-state index >= 15 is 0 Å². The van der Waals surface area contributed by atoms with E-state index in [2.05, 4.69) is 22.7 Å². The van der Waals surface area contributed by atoms with Gasteiger partial charge in [-0.3, -0.25) is 5.43 Å². The lowest BCUT2D eigenvalue weighted by Crippen LogP contribution is -2.00. The van der Waals surface area contributed by atoms with Gasteiger partial charge in [-0.25, -0.2) is 0 Å². The molecule has 1 aliphatic carbocycles. The summed E-state index contributed by atoms with van der Waals surface area (Å²) < 4.78 is 5.28. The standard InChI is InChI=1S/C16H16N2O/c1-19-14-9-7-12-8-10-16(15(12)11-14)18-17-13-5-3-2-4-6-13/h2-7,9,11,17H,8,10H2,1H3/b18-16+. The lowest BCUT2D eigenvalue weighted by molar-refractivity contribution is 0.414. The van der Waals surface area contributed by atoms with Gasteiger partial charge in [0.05, 0.1) is 18.5 Å². The minimum absolute atomic E-state index is 0.882. The summed E-state index contributed by atoms with van der Waals surface area (Å²) in [5.74, 6) is 0.882. The van der Waals surface area contributed by atoms with Gasteiger partial charge >= 0.3 is 0 Å². The van der Waals surface area contributed by atoms with Crippen molar-refractivity contribution in [3.8, 4) is 5.75 Å². The van der Waals surface area contributed by atoms with Gasteiger partial charge in [-0.05, 0) is 42.7 Å². The van der Waals surface area contributed by atoms with Crippen molar-refractivity contribution in [2.75, 3.05) is 12.5 Å². The van der Waals surface area contributed by atoms with Crippen LogP contribution in [0.15, 0.2) is 53.6 Å². The minimum Gasteiger partial charge on any atom is -0.497 e. The summed E-state index contributed by atoms with van der Waals surface area (Å²) in [7, 11) is 1.69. The van der Waals surface area contributed by atoms with Crippen LogP contribution in [0.1, 0.15) is 17.5 Å². The molecule has 19 heavy (non-hydrogen) atoms. The molecule has 3 nitrogen and oxygen atoms in total. The number of hydrazone groups is 1. The molecule has 2 aromatic carbocycles. The summed E-state index contributed by atoms with van der Waals surface area (Å²) in [5.41, 5.74) is 7.75. The molecular weight excluding hydrogens is 236 g/mol. The van der Waals surface area contributed by atoms with E-state index in [1.54, 1.807) is 7.11 Å². The largest absolute Gasteiger partial charge is 0.497 e. The lowest BCUT2D eigenvalue weighted by atomic mass is 10.1. The molecule has 0 unspecified atom stereocenters. The number of hydrogen-bond acceptors (Lipinski definition) is 3. The first-order valence-corrected chi connectivity index (χ1v) is 6.42. The fourth-order valence-corrected chi connectivity index (χ4v) is 2.32. The Balaban J connectivity index is 1.85. The monoisotopic (exact) mass is 252 g/mol. The van der Waals surface area contributed by atoms with Gasteiger partial charge in [0.15, 0.2) is 0 Å². The molecule has 3 rings (SSSR count). The van der Waals surface area contributed by atoms with Crippen LogP contribution in [-0.4, -0.2) is 12.8 Å². The second-order valence-corrected chi connectivity index (χ2v) is 4.56. The molecule has 0 spiro atoms. The average molecular weight is 252 g/mol. The first-order chi connectivity index (χ1) is 9.36. The molecule has 96 valence electrons. The van der Waals surface area contributed by atoms with Crippen molar-refractivity contribution in [2.45, 2.75) is 12.8 Å². The highest BCUT2D eigenvalue weighted by atomic mass is 16.5. The number of nitrogens with one attached hydrogen (secondary N) is 1. The number of para-hydroxylation sites is 1. The van der Waals surface area contributed by atoms with E-state index < -0.39 is 0 Å². The van der Waals surface area contributed by atoms with Crippen molar-refractivity contribution in [2.24, 2.45) is 5.10 Å². The third-order valence-electron chi connectivity index (χ3n) is 3.35. The van der Waals surface area contributed by atoms with Crippen LogP contribution >= 0.6 is 0 Å². The van der Waals surface area contributed by atoms with Gasteiger partial charge < -0.3 is 4.74 Å². The van der Waals surface area contributed by atoms with Crippen LogP contribution < -0.4 is 10.2 Å². The fraction of sp³-hybridized carbons (Fsp3) is 0.188. The van der Waals surface area contributed by atoms with Gasteiger partial charge in [0, 0.05) is 5.56 Å². The minimum atomic E-state index is 0.882. The van der Waals surface area contributed by atoms with Gasteiger partial charge in [0.1, 0.15) is 5.75 Å². The van der Waals surface area contributed by atoms with Crippen LogP contribution in [0, 0.1) is 0 Å². The van der Waals surface area contributed by atoms with Crippen LogP contribution in [0.2, 0.25) is 0 Å². The van der Waals surface area contributed by atoms with E-state index in [0.717, 1.165) is 30.0 Å². The molecule has 0 amide bonds. The van der Waals surface area contributed by atoms with Crippen molar-refractivity contribution in [3.63, 3.8) is 0 Å². The average Bonchev–Trinajstić information content (AvgIpc) is 2.88. The van der Waals surface area contributed by atoms with Crippen LogP contribution in [0.4, 0.5) is 5.69 Å². The Bertz CT molecular complexity index is 605. The Hall–Kier alpha value is -2.29. The van der Waals surface area contributed by atoms with Crippen LogP contribution in [-0.2, 0) is 6.42 Å². The Labute approximate surface area is 112 Å². The highest BCUT2D eigenvalue weighted by Crippen LogP contribution is 2.26. The molecule has 2 aromatic rings. The molecule has 3 heteroatoms. The van der Waals surface area contributed by atoms with Crippen LogP contribution in [0.25, 0.3) is 0 Å². The molecule has 1 N–H and O–H groups in total. The predicted octanol–water partition coefficient (Wildman–Crippen LogP) is 3.46. The zero-order chi connectivity index (χ0) is 13.1. The summed E-state index contributed by atoms with van der Waals surface area (Å²) in [4.78, 5) is 0. The smallest absolute Gasteiger partial charge is 0.119 e. The molecule has 0 saturated heterocycles. The highest BCUT2D eigenvalue weighted by Gasteiger charge is 2.18. The van der Waals surface area contributed by atoms with E-state index in [0.29, 0.717) is 0 Å². The van der Waals surface area contributed by atoms with Crippen molar-refractivity contribution < 1.29 is 4.74 Å². The molecule has 0 saturated carbocycles. The third kappa shape index (κ3) is 2.45. The van der Waals surface area contributed by atoms with Gasteiger partial charge in [-0.1, -0.05) is 24.3 Å². The number of nitrogens with zero attached hydrogens (tertiary/aromatic N) is 1. The SMILES string of the molecule is COc1ccc2c(c1)/C(=N/Nc1ccccc1)CC2. The second-order valence-electron chi connectivity index (χ2n) is 4.56. The molecule has 0 fully saturated rings. The number of ether oxygens (including phenoxy) is 1. The summed E-state index contributed by atoms with van der Waals surface area (Å²) in [5, 5.41) is 4.52. The topological polar surface area (TPSA) is 33.6 Å². The van der Waals surface area contributed by atoms with E-state index in [1.807, 2.05) is 36.4 Å². The summed E-state index contributed by atoms with van der Waals surface area (Å²) >= 11 is 0. The summed E-state index contributed by atoms with van der Waals surface area (Å²) in [6.07, 6.45) is 2.02. The van der Waals surface area contributed by atoms with E-state index in [1.165, 1.54) is 11.1 Å². The van der Waals surface area contributed by atoms with Gasteiger partial charge in [0.25, 0.3) is 0 Å². The van der Waals surface area contributed by atoms with Crippen molar-refractivity contribution in [1.29, 1.82) is 0 Å². The quantitative estimate of drug-likeness (QED) is 0.849. The van der Waals surface area contributed by atoms with Crippen LogP contribution in [0.3, 0.4) is 0 Å². The lowest BCUT2D eigenvalue weighted by Gasteiger charge is -2.05. The van der Waals surface area contributed by atoms with Crippen LogP contribution in [0.5, 0.6) is 5.75 Å². The van der Waals surface area contributed by atoms with Crippen molar-refractivity contribution in [3.05, 3.63) is 59.7 Å². The highest BCUT2D eigenvalue weighted by molar-refractivity contribution is 6.05. The number of aryl methyl sites for hydroxylation is 1. The first-order valence-electron chi connectivity index (χ1n) is 6.42. The number of methoxy groups -OCH3 is 1. The summed E-state index contributed by atoms with van der Waals surface area (Å²) in [6.45, 7) is 0. The van der Waals surface area contributed by atoms with Gasteiger partial charge in [0.2, 0.25) is 0 Å². The van der Waals surface area contributed by atoms with Gasteiger partial charge in [-0.15, -0.1) is 0 Å². The molecule has 0 atom stereocenters. The van der Waals surface area contributed by atoms with E-state index in [-0.39, 0.29) is 0 Å². The Kier molecular flexibility index (Phi) is 3.19. The number of hydrogen-bond donors (Lipinski definition) is 1. The Morgan fingerprint density at radius 1 is 1.05 bits per heavy atom. The number of rotatable bonds is 3. The number of fused-ring (bicyclic) bond motifs is 1. The van der Waals surface area contributed by atoms with Crippen molar-refractivity contribution in [1.82, 2.24) is 0 Å².